The first-order valence-corrected chi connectivity index (χ1v) is 6.24. The van der Waals surface area contributed by atoms with Crippen LogP contribution in [0.1, 0.15) is 10.7 Å². The first kappa shape index (κ1) is 10.3. The zero-order chi connectivity index (χ0) is 11.8. The second kappa shape index (κ2) is 3.85. The van der Waals surface area contributed by atoms with E-state index in [1.807, 2.05) is 41.1 Å². The number of thiazole rings is 1. The lowest BCUT2D eigenvalue weighted by atomic mass is 10.3. The number of rotatable bonds is 2. The monoisotopic (exact) mass is 244 g/mol. The van der Waals surface area contributed by atoms with Gasteiger partial charge in [-0.05, 0) is 19.1 Å². The van der Waals surface area contributed by atoms with Crippen molar-refractivity contribution >= 4 is 28.3 Å². The van der Waals surface area contributed by atoms with Crippen LogP contribution >= 0.6 is 11.3 Å². The molecule has 2 N–H and O–H groups in total. The number of imidazole rings is 1. The summed E-state index contributed by atoms with van der Waals surface area (Å²) in [4.78, 5) is 8.78. The quantitative estimate of drug-likeness (QED) is 0.753. The topological polar surface area (TPSA) is 56.7 Å². The van der Waals surface area contributed by atoms with Gasteiger partial charge in [0, 0.05) is 11.1 Å². The van der Waals surface area contributed by atoms with Crippen molar-refractivity contribution in [1.29, 1.82) is 0 Å². The van der Waals surface area contributed by atoms with Gasteiger partial charge in [-0.1, -0.05) is 12.1 Å². The SMILES string of the molecule is Cc1csc(Cn2c(N)nc3ccccc32)n1. The molecule has 0 fully saturated rings. The van der Waals surface area contributed by atoms with Gasteiger partial charge in [0.25, 0.3) is 0 Å². The Morgan fingerprint density at radius 2 is 2.12 bits per heavy atom. The third-order valence-electron chi connectivity index (χ3n) is 2.64. The van der Waals surface area contributed by atoms with Gasteiger partial charge in [-0.2, -0.15) is 0 Å². The number of para-hydroxylation sites is 2. The van der Waals surface area contributed by atoms with Crippen LogP contribution in [0.3, 0.4) is 0 Å². The summed E-state index contributed by atoms with van der Waals surface area (Å²) in [5, 5.41) is 3.10. The van der Waals surface area contributed by atoms with Crippen LogP contribution in [0.15, 0.2) is 29.6 Å². The van der Waals surface area contributed by atoms with E-state index in [-0.39, 0.29) is 0 Å². The lowest BCUT2D eigenvalue weighted by molar-refractivity contribution is 0.826. The largest absolute Gasteiger partial charge is 0.369 e. The van der Waals surface area contributed by atoms with E-state index < -0.39 is 0 Å². The van der Waals surface area contributed by atoms with Crippen molar-refractivity contribution in [1.82, 2.24) is 14.5 Å². The highest BCUT2D eigenvalue weighted by Crippen LogP contribution is 2.20. The Labute approximate surface area is 103 Å². The van der Waals surface area contributed by atoms with Gasteiger partial charge >= 0.3 is 0 Å². The number of nitrogens with two attached hydrogens (primary N) is 1. The summed E-state index contributed by atoms with van der Waals surface area (Å²) in [5.74, 6) is 0.541. The molecule has 3 aromatic rings. The standard InChI is InChI=1S/C12H12N4S/c1-8-7-17-11(14-8)6-16-10-5-3-2-4-9(10)15-12(16)13/h2-5,7H,6H2,1H3,(H2,13,15). The molecule has 0 aliphatic rings. The first-order chi connectivity index (χ1) is 8.24. The fourth-order valence-electron chi connectivity index (χ4n) is 1.87. The Balaban J connectivity index is 2.08. The van der Waals surface area contributed by atoms with Gasteiger partial charge in [-0.25, -0.2) is 9.97 Å². The van der Waals surface area contributed by atoms with Crippen molar-refractivity contribution < 1.29 is 0 Å². The molecule has 86 valence electrons. The lowest BCUT2D eigenvalue weighted by Crippen LogP contribution is -2.04. The maximum absolute atomic E-state index is 5.94. The number of anilines is 1. The molecule has 0 unspecified atom stereocenters. The highest BCUT2D eigenvalue weighted by atomic mass is 32.1. The third-order valence-corrected chi connectivity index (χ3v) is 3.60. The van der Waals surface area contributed by atoms with Crippen LogP contribution in [-0.4, -0.2) is 14.5 Å². The lowest BCUT2D eigenvalue weighted by Gasteiger charge is -2.03. The van der Waals surface area contributed by atoms with E-state index >= 15 is 0 Å². The van der Waals surface area contributed by atoms with Crippen LogP contribution in [0.25, 0.3) is 11.0 Å². The summed E-state index contributed by atoms with van der Waals surface area (Å²) in [5.41, 5.74) is 8.97. The van der Waals surface area contributed by atoms with Crippen molar-refractivity contribution in [2.24, 2.45) is 0 Å². The number of hydrogen-bond donors (Lipinski definition) is 1. The maximum atomic E-state index is 5.94. The summed E-state index contributed by atoms with van der Waals surface area (Å²) in [6, 6.07) is 7.95. The molecule has 1 aromatic carbocycles. The Hall–Kier alpha value is -1.88. The predicted octanol–water partition coefficient (Wildman–Crippen LogP) is 2.43. The Morgan fingerprint density at radius 3 is 2.88 bits per heavy atom. The predicted molar refractivity (Wildman–Crippen MR) is 70.1 cm³/mol. The van der Waals surface area contributed by atoms with Gasteiger partial charge in [0.05, 0.1) is 17.6 Å². The molecule has 5 heteroatoms. The molecule has 2 heterocycles. The fraction of sp³-hybridized carbons (Fsp3) is 0.167. The Morgan fingerprint density at radius 1 is 1.29 bits per heavy atom. The second-order valence-corrected chi connectivity index (χ2v) is 4.87. The number of hydrogen-bond acceptors (Lipinski definition) is 4. The van der Waals surface area contributed by atoms with Gasteiger partial charge in [-0.3, -0.25) is 0 Å². The van der Waals surface area contributed by atoms with E-state index in [4.69, 9.17) is 5.73 Å². The molecular weight excluding hydrogens is 232 g/mol. The Bertz CT molecular complexity index is 668. The minimum Gasteiger partial charge on any atom is -0.369 e. The molecule has 0 radical (unpaired) electrons. The first-order valence-electron chi connectivity index (χ1n) is 5.36. The summed E-state index contributed by atoms with van der Waals surface area (Å²) >= 11 is 1.65. The van der Waals surface area contributed by atoms with Crippen LogP contribution < -0.4 is 5.73 Å². The van der Waals surface area contributed by atoms with Gasteiger partial charge < -0.3 is 10.3 Å². The van der Waals surface area contributed by atoms with Crippen molar-refractivity contribution in [2.45, 2.75) is 13.5 Å². The summed E-state index contributed by atoms with van der Waals surface area (Å²) in [7, 11) is 0. The van der Waals surface area contributed by atoms with Gasteiger partial charge in [0.15, 0.2) is 0 Å². The normalized spacial score (nSPS) is 11.1. The van der Waals surface area contributed by atoms with Crippen LogP contribution in [-0.2, 0) is 6.54 Å². The number of nitrogens with zero attached hydrogens (tertiary/aromatic N) is 3. The molecule has 0 atom stereocenters. The number of fused-ring (bicyclic) bond motifs is 1. The smallest absolute Gasteiger partial charge is 0.201 e. The zero-order valence-electron chi connectivity index (χ0n) is 9.42. The van der Waals surface area contributed by atoms with Crippen LogP contribution in [0.4, 0.5) is 5.95 Å². The minimum atomic E-state index is 0.541. The van der Waals surface area contributed by atoms with E-state index in [1.54, 1.807) is 11.3 Å². The van der Waals surface area contributed by atoms with Crippen molar-refractivity contribution in [3.63, 3.8) is 0 Å². The maximum Gasteiger partial charge on any atom is 0.201 e. The number of aromatic nitrogens is 3. The summed E-state index contributed by atoms with van der Waals surface area (Å²) in [6.45, 7) is 2.68. The van der Waals surface area contributed by atoms with Gasteiger partial charge in [0.2, 0.25) is 5.95 Å². The molecule has 0 spiro atoms. The highest BCUT2D eigenvalue weighted by molar-refractivity contribution is 7.09. The van der Waals surface area contributed by atoms with Crippen LogP contribution in [0.2, 0.25) is 0 Å². The van der Waals surface area contributed by atoms with Gasteiger partial charge in [0.1, 0.15) is 5.01 Å². The number of aryl methyl sites for hydroxylation is 1. The average molecular weight is 244 g/mol. The van der Waals surface area contributed by atoms with Crippen molar-refractivity contribution in [3.8, 4) is 0 Å². The van der Waals surface area contributed by atoms with E-state index in [0.29, 0.717) is 12.5 Å². The molecule has 0 aliphatic heterocycles. The summed E-state index contributed by atoms with van der Waals surface area (Å²) in [6.07, 6.45) is 0. The second-order valence-electron chi connectivity index (χ2n) is 3.93. The number of nitrogen functional groups attached to an aromatic ring is 1. The molecule has 0 saturated carbocycles. The molecule has 2 aromatic heterocycles. The molecule has 0 saturated heterocycles. The molecule has 3 rings (SSSR count). The average Bonchev–Trinajstić information content (AvgIpc) is 2.85. The third kappa shape index (κ3) is 1.78. The molecule has 0 aliphatic carbocycles. The van der Waals surface area contributed by atoms with Crippen LogP contribution in [0, 0.1) is 6.92 Å². The summed E-state index contributed by atoms with van der Waals surface area (Å²) < 4.78 is 1.99. The van der Waals surface area contributed by atoms with E-state index in [9.17, 15) is 0 Å². The van der Waals surface area contributed by atoms with Crippen molar-refractivity contribution in [2.75, 3.05) is 5.73 Å². The fourth-order valence-corrected chi connectivity index (χ4v) is 2.63. The molecule has 0 bridgehead atoms. The Kier molecular flexibility index (Phi) is 2.33. The minimum absolute atomic E-state index is 0.541. The van der Waals surface area contributed by atoms with Crippen molar-refractivity contribution in [3.05, 3.63) is 40.3 Å². The number of benzene rings is 1. The van der Waals surface area contributed by atoms with Crippen LogP contribution in [0.5, 0.6) is 0 Å². The van der Waals surface area contributed by atoms with E-state index in [2.05, 4.69) is 9.97 Å². The molecule has 0 amide bonds. The molecular formula is C12H12N4S. The molecule has 17 heavy (non-hydrogen) atoms. The molecule has 4 nitrogen and oxygen atoms in total. The van der Waals surface area contributed by atoms with Gasteiger partial charge in [-0.15, -0.1) is 11.3 Å². The van der Waals surface area contributed by atoms with E-state index in [0.717, 1.165) is 21.7 Å². The zero-order valence-corrected chi connectivity index (χ0v) is 10.2. The van der Waals surface area contributed by atoms with E-state index in [1.165, 1.54) is 0 Å². The highest BCUT2D eigenvalue weighted by Gasteiger charge is 2.09.